The van der Waals surface area contributed by atoms with Gasteiger partial charge in [-0.1, -0.05) is 45.9 Å². The smallest absolute Gasteiger partial charge is 0.356 e. The van der Waals surface area contributed by atoms with Crippen molar-refractivity contribution < 1.29 is 23.1 Å². The maximum absolute atomic E-state index is 13.0. The number of hydrogen-bond donors (Lipinski definition) is 2. The van der Waals surface area contributed by atoms with E-state index in [9.17, 15) is 9.36 Å². The molecule has 2 aromatic heterocycles. The van der Waals surface area contributed by atoms with E-state index in [1.165, 1.54) is 0 Å². The number of imidazole rings is 1. The van der Waals surface area contributed by atoms with Gasteiger partial charge >= 0.3 is 7.60 Å². The molecule has 0 saturated carbocycles. The third-order valence-electron chi connectivity index (χ3n) is 6.42. The van der Waals surface area contributed by atoms with Gasteiger partial charge in [0.25, 0.3) is 0 Å². The van der Waals surface area contributed by atoms with Crippen molar-refractivity contribution in [3.8, 4) is 0 Å². The van der Waals surface area contributed by atoms with Gasteiger partial charge in [-0.05, 0) is 49.4 Å². The van der Waals surface area contributed by atoms with E-state index >= 15 is 0 Å². The van der Waals surface area contributed by atoms with E-state index in [0.29, 0.717) is 36.4 Å². The number of nitrogens with zero attached hydrogens (tertiary/aromatic N) is 4. The zero-order valence-electron chi connectivity index (χ0n) is 22.3. The molecule has 1 unspecified atom stereocenters. The Morgan fingerprint density at radius 3 is 2.44 bits per heavy atom. The summed E-state index contributed by atoms with van der Waals surface area (Å²) in [5, 5.41) is -0.0882. The zero-order valence-corrected chi connectivity index (χ0v) is 24.9. The predicted octanol–water partition coefficient (Wildman–Crippen LogP) is 5.94. The largest absolute Gasteiger partial charge is 0.432 e. The van der Waals surface area contributed by atoms with E-state index in [4.69, 9.17) is 31.1 Å². The van der Waals surface area contributed by atoms with Crippen LogP contribution in [-0.2, 0) is 18.3 Å². The normalized spacial score (nSPS) is 13.9. The first-order chi connectivity index (χ1) is 16.7. The van der Waals surface area contributed by atoms with Gasteiger partial charge in [-0.15, -0.1) is 0 Å². The SMILES string of the molecule is C=C(COCP(=O)(OCCC)OCCC)C(CCC(C)(C)[Si](C)(C)O)n1cnc2c(Cl)nc(N)nc21. The molecule has 0 fully saturated rings. The minimum Gasteiger partial charge on any atom is -0.432 e. The highest BCUT2D eigenvalue weighted by molar-refractivity contribution is 7.53. The van der Waals surface area contributed by atoms with Crippen molar-refractivity contribution in [3.05, 3.63) is 23.6 Å². The van der Waals surface area contributed by atoms with Crippen LogP contribution in [0.1, 0.15) is 59.4 Å². The van der Waals surface area contributed by atoms with Crippen LogP contribution in [0.2, 0.25) is 23.3 Å². The number of anilines is 1. The number of halogens is 1. The first kappa shape index (κ1) is 30.9. The number of hydrogen-bond acceptors (Lipinski definition) is 9. The lowest BCUT2D eigenvalue weighted by molar-refractivity contribution is 0.136. The lowest BCUT2D eigenvalue weighted by atomic mass is 9.97. The van der Waals surface area contributed by atoms with Crippen molar-refractivity contribution in [2.75, 3.05) is 31.9 Å². The van der Waals surface area contributed by atoms with E-state index < -0.39 is 15.9 Å². The maximum atomic E-state index is 13.0. The second kappa shape index (κ2) is 13.0. The molecule has 2 aromatic rings. The molecule has 13 heteroatoms. The molecule has 0 radical (unpaired) electrons. The van der Waals surface area contributed by atoms with Crippen LogP contribution in [0.25, 0.3) is 11.2 Å². The molecule has 36 heavy (non-hydrogen) atoms. The molecule has 10 nitrogen and oxygen atoms in total. The molecule has 204 valence electrons. The van der Waals surface area contributed by atoms with Gasteiger partial charge in [0.2, 0.25) is 5.95 Å². The van der Waals surface area contributed by atoms with Crippen molar-refractivity contribution in [3.63, 3.8) is 0 Å². The lowest BCUT2D eigenvalue weighted by Crippen LogP contribution is -2.39. The van der Waals surface area contributed by atoms with Crippen molar-refractivity contribution >= 4 is 44.6 Å². The monoisotopic (exact) mass is 561 g/mol. The van der Waals surface area contributed by atoms with Crippen LogP contribution in [0.4, 0.5) is 5.95 Å². The number of nitrogens with two attached hydrogens (primary N) is 1. The second-order valence-corrected chi connectivity index (χ2v) is 16.9. The van der Waals surface area contributed by atoms with Crippen LogP contribution in [0, 0.1) is 0 Å². The Balaban J connectivity index is 2.28. The molecule has 0 aliphatic carbocycles. The van der Waals surface area contributed by atoms with Gasteiger partial charge in [0.05, 0.1) is 32.2 Å². The predicted molar refractivity (Wildman–Crippen MR) is 147 cm³/mol. The minimum absolute atomic E-state index is 0.0428. The van der Waals surface area contributed by atoms with Crippen LogP contribution in [-0.4, -0.2) is 58.8 Å². The number of aromatic nitrogens is 4. The number of rotatable bonds is 16. The standard InChI is InChI=1S/C23H41ClN5O5PSi/c1-8-12-33-35(30,34-13-9-2)16-32-14-17(3)18(10-11-23(4,5)36(6,7)31)29-15-26-19-20(24)27-22(25)28-21(19)29/h15,18,31H,3,8-14,16H2,1-2,4-7H3,(H2,25,27,28). The Hall–Kier alpha value is -1.33. The molecule has 2 heterocycles. The summed E-state index contributed by atoms with van der Waals surface area (Å²) >= 11 is 6.25. The van der Waals surface area contributed by atoms with Crippen LogP contribution in [0.15, 0.2) is 18.5 Å². The fraction of sp³-hybridized carbons (Fsp3) is 0.696. The van der Waals surface area contributed by atoms with Gasteiger partial charge in [-0.3, -0.25) is 4.57 Å². The minimum atomic E-state index is -3.38. The quantitative estimate of drug-likeness (QED) is 0.110. The van der Waals surface area contributed by atoms with Crippen molar-refractivity contribution in [2.45, 2.75) is 77.6 Å². The number of ether oxygens (including phenoxy) is 1. The molecule has 0 amide bonds. The van der Waals surface area contributed by atoms with Gasteiger partial charge in [-0.2, -0.15) is 9.97 Å². The summed E-state index contributed by atoms with van der Waals surface area (Å²) in [5.74, 6) is 0.0428. The summed E-state index contributed by atoms with van der Waals surface area (Å²) in [5.41, 5.74) is 7.49. The summed E-state index contributed by atoms with van der Waals surface area (Å²) < 4.78 is 31.7. The molecule has 2 rings (SSSR count). The van der Waals surface area contributed by atoms with Gasteiger partial charge in [0, 0.05) is 0 Å². The summed E-state index contributed by atoms with van der Waals surface area (Å²) in [4.78, 5) is 23.5. The number of fused-ring (bicyclic) bond motifs is 1. The van der Waals surface area contributed by atoms with Gasteiger partial charge < -0.3 is 28.9 Å². The third kappa shape index (κ3) is 8.08. The van der Waals surface area contributed by atoms with Crippen LogP contribution in [0.5, 0.6) is 0 Å². The first-order valence-electron chi connectivity index (χ1n) is 12.3. The highest BCUT2D eigenvalue weighted by Crippen LogP contribution is 2.48. The van der Waals surface area contributed by atoms with Gasteiger partial charge in [-0.25, -0.2) is 4.98 Å². The van der Waals surface area contributed by atoms with Crippen molar-refractivity contribution in [2.24, 2.45) is 0 Å². The van der Waals surface area contributed by atoms with Crippen molar-refractivity contribution in [1.82, 2.24) is 19.5 Å². The molecule has 0 bridgehead atoms. The van der Waals surface area contributed by atoms with Gasteiger partial charge in [0.1, 0.15) is 11.9 Å². The molecular formula is C23H41ClN5O5PSi. The Labute approximate surface area is 220 Å². The molecule has 1 atom stereocenters. The fourth-order valence-corrected chi connectivity index (χ4v) is 5.86. The fourth-order valence-electron chi connectivity index (χ4n) is 3.43. The average Bonchev–Trinajstić information content (AvgIpc) is 3.19. The van der Waals surface area contributed by atoms with Crippen molar-refractivity contribution in [1.29, 1.82) is 0 Å². The Kier molecular flexibility index (Phi) is 11.1. The molecule has 3 N–H and O–H groups in total. The summed E-state index contributed by atoms with van der Waals surface area (Å²) in [6.45, 7) is 16.9. The van der Waals surface area contributed by atoms with E-state index in [2.05, 4.69) is 35.4 Å². The Bertz CT molecular complexity index is 1060. The highest BCUT2D eigenvalue weighted by atomic mass is 35.5. The summed E-state index contributed by atoms with van der Waals surface area (Å²) in [7, 11) is -5.82. The lowest BCUT2D eigenvalue weighted by Gasteiger charge is -2.36. The van der Waals surface area contributed by atoms with Gasteiger partial charge in [0.15, 0.2) is 19.1 Å². The van der Waals surface area contributed by atoms with E-state index in [1.54, 1.807) is 6.33 Å². The Morgan fingerprint density at radius 1 is 1.28 bits per heavy atom. The molecule has 0 aromatic carbocycles. The molecular weight excluding hydrogens is 521 g/mol. The van der Waals surface area contributed by atoms with Crippen LogP contribution in [0.3, 0.4) is 0 Å². The maximum Gasteiger partial charge on any atom is 0.356 e. The first-order valence-corrected chi connectivity index (χ1v) is 17.3. The third-order valence-corrected chi connectivity index (χ3v) is 11.9. The van der Waals surface area contributed by atoms with E-state index in [-0.39, 0.29) is 35.1 Å². The topological polar surface area (TPSA) is 135 Å². The van der Waals surface area contributed by atoms with E-state index in [1.807, 2.05) is 31.5 Å². The summed E-state index contributed by atoms with van der Waals surface area (Å²) in [6, 6.07) is -0.288. The molecule has 0 spiro atoms. The van der Waals surface area contributed by atoms with E-state index in [0.717, 1.165) is 19.3 Å². The second-order valence-electron chi connectivity index (χ2n) is 10.1. The average molecular weight is 562 g/mol. The van der Waals surface area contributed by atoms with Crippen LogP contribution < -0.4 is 5.73 Å². The zero-order chi connectivity index (χ0) is 27.1. The van der Waals surface area contributed by atoms with Crippen LogP contribution >= 0.6 is 19.2 Å². The highest BCUT2D eigenvalue weighted by Gasteiger charge is 2.38. The molecule has 0 aliphatic rings. The summed E-state index contributed by atoms with van der Waals surface area (Å²) in [6.07, 6.45) is 4.25. The molecule has 0 saturated heterocycles. The Morgan fingerprint density at radius 2 is 1.89 bits per heavy atom. The molecule has 0 aliphatic heterocycles. The number of nitrogen functional groups attached to an aromatic ring is 1.